The summed E-state index contributed by atoms with van der Waals surface area (Å²) in [7, 11) is 0. The van der Waals surface area contributed by atoms with Gasteiger partial charge in [-0.05, 0) is 73.8 Å². The molecule has 0 aliphatic heterocycles. The molecule has 2 aliphatic rings. The van der Waals surface area contributed by atoms with Crippen molar-refractivity contribution in [3.63, 3.8) is 0 Å². The Morgan fingerprint density at radius 2 is 1.52 bits per heavy atom. The highest BCUT2D eigenvalue weighted by Gasteiger charge is 2.32. The number of nitriles is 1. The van der Waals surface area contributed by atoms with E-state index in [-0.39, 0.29) is 11.5 Å². The van der Waals surface area contributed by atoms with Gasteiger partial charge in [0, 0.05) is 0 Å². The van der Waals surface area contributed by atoms with Gasteiger partial charge < -0.3 is 0 Å². The number of hydrogen-bond donors (Lipinski definition) is 0. The van der Waals surface area contributed by atoms with Crippen molar-refractivity contribution >= 4 is 0 Å². The minimum Gasteiger partial charge on any atom is -0.203 e. The van der Waals surface area contributed by atoms with Crippen LogP contribution in [0.3, 0.4) is 0 Å². The lowest BCUT2D eigenvalue weighted by atomic mass is 9.68. The van der Waals surface area contributed by atoms with E-state index in [0.29, 0.717) is 5.56 Å². The molecule has 1 nitrogen and oxygen atoms in total. The maximum atomic E-state index is 14.3. The Balaban J connectivity index is 1.56. The Morgan fingerprint density at radius 1 is 0.920 bits per heavy atom. The zero-order valence-electron chi connectivity index (χ0n) is 15.2. The molecule has 0 aromatic heterocycles. The normalized spacial score (nSPS) is 30.0. The summed E-state index contributed by atoms with van der Waals surface area (Å²) in [6.45, 7) is 2.28. The van der Waals surface area contributed by atoms with Crippen LogP contribution >= 0.6 is 0 Å². The molecule has 0 radical (unpaired) electrons. The average Bonchev–Trinajstić information content (AvgIpc) is 2.65. The van der Waals surface area contributed by atoms with Crippen LogP contribution in [0.5, 0.6) is 0 Å². The molecule has 25 heavy (non-hydrogen) atoms. The van der Waals surface area contributed by atoms with Crippen LogP contribution in [-0.4, -0.2) is 0 Å². The summed E-state index contributed by atoms with van der Waals surface area (Å²) < 4.78 is 28.2. The zero-order valence-corrected chi connectivity index (χ0v) is 15.2. The molecule has 2 saturated carbocycles. The fourth-order valence-electron chi connectivity index (χ4n) is 5.22. The van der Waals surface area contributed by atoms with E-state index < -0.39 is 11.6 Å². The Kier molecular flexibility index (Phi) is 6.10. The maximum Gasteiger partial charge on any atom is 0.176 e. The molecule has 3 rings (SSSR count). The Labute approximate surface area is 150 Å². The minimum absolute atomic E-state index is 0.106. The molecular formula is C22H29F2N. The van der Waals surface area contributed by atoms with Crippen molar-refractivity contribution in [1.29, 1.82) is 5.26 Å². The molecule has 0 N–H and O–H groups in total. The van der Waals surface area contributed by atoms with Gasteiger partial charge in [-0.3, -0.25) is 0 Å². The smallest absolute Gasteiger partial charge is 0.176 e. The summed E-state index contributed by atoms with van der Waals surface area (Å²) in [4.78, 5) is 0. The zero-order chi connectivity index (χ0) is 17.8. The van der Waals surface area contributed by atoms with Gasteiger partial charge in [-0.1, -0.05) is 38.7 Å². The van der Waals surface area contributed by atoms with Crippen LogP contribution in [0.1, 0.15) is 88.2 Å². The molecule has 0 bridgehead atoms. The summed E-state index contributed by atoms with van der Waals surface area (Å²) in [5.41, 5.74) is 0.278. The molecule has 0 unspecified atom stereocenters. The van der Waals surface area contributed by atoms with Crippen LogP contribution < -0.4 is 0 Å². The second kappa shape index (κ2) is 8.30. The van der Waals surface area contributed by atoms with Crippen LogP contribution in [0.2, 0.25) is 0 Å². The third kappa shape index (κ3) is 4.05. The fourth-order valence-corrected chi connectivity index (χ4v) is 5.22. The van der Waals surface area contributed by atoms with E-state index >= 15 is 0 Å². The molecule has 1 aromatic rings. The second-order valence-corrected chi connectivity index (χ2v) is 8.12. The first-order valence-electron chi connectivity index (χ1n) is 10.0. The van der Waals surface area contributed by atoms with Crippen molar-refractivity contribution in [1.82, 2.24) is 0 Å². The van der Waals surface area contributed by atoms with Crippen LogP contribution in [0.25, 0.3) is 0 Å². The lowest BCUT2D eigenvalue weighted by Crippen LogP contribution is -2.25. The van der Waals surface area contributed by atoms with E-state index in [4.69, 9.17) is 5.26 Å². The van der Waals surface area contributed by atoms with Gasteiger partial charge in [-0.25, -0.2) is 8.78 Å². The fraction of sp³-hybridized carbons (Fsp3) is 0.682. The number of halogens is 2. The van der Waals surface area contributed by atoms with Crippen LogP contribution in [-0.2, 0) is 0 Å². The minimum atomic E-state index is -0.976. The summed E-state index contributed by atoms with van der Waals surface area (Å²) in [5, 5.41) is 8.82. The van der Waals surface area contributed by atoms with Crippen molar-refractivity contribution in [2.75, 3.05) is 0 Å². The van der Waals surface area contributed by atoms with Crippen LogP contribution in [0.15, 0.2) is 12.1 Å². The van der Waals surface area contributed by atoms with Gasteiger partial charge in [-0.2, -0.15) is 5.26 Å². The quantitative estimate of drug-likeness (QED) is 0.594. The standard InChI is InChI=1S/C22H29F2N/c1-2-3-15-4-6-16(7-5-15)17-8-10-18(11-9-17)20-13-12-19(14-25)21(23)22(20)24/h12-13,15-18H,2-11H2,1H3/t15-,16-,17-,18-. The highest BCUT2D eigenvalue weighted by atomic mass is 19.2. The van der Waals surface area contributed by atoms with E-state index in [1.165, 1.54) is 44.6 Å². The summed E-state index contributed by atoms with van der Waals surface area (Å²) in [5.74, 6) is 0.879. The molecule has 0 heterocycles. The van der Waals surface area contributed by atoms with Gasteiger partial charge in [0.2, 0.25) is 0 Å². The van der Waals surface area contributed by atoms with E-state index in [2.05, 4.69) is 6.92 Å². The van der Waals surface area contributed by atoms with Crippen LogP contribution in [0, 0.1) is 40.7 Å². The van der Waals surface area contributed by atoms with E-state index in [9.17, 15) is 8.78 Å². The molecule has 136 valence electrons. The largest absolute Gasteiger partial charge is 0.203 e. The predicted molar refractivity (Wildman–Crippen MR) is 96.1 cm³/mol. The van der Waals surface area contributed by atoms with Crippen molar-refractivity contribution in [3.05, 3.63) is 34.9 Å². The highest BCUT2D eigenvalue weighted by Crippen LogP contribution is 2.45. The lowest BCUT2D eigenvalue weighted by molar-refractivity contribution is 0.156. The number of nitrogens with zero attached hydrogens (tertiary/aromatic N) is 1. The van der Waals surface area contributed by atoms with Crippen LogP contribution in [0.4, 0.5) is 8.78 Å². The molecule has 2 aliphatic carbocycles. The van der Waals surface area contributed by atoms with Gasteiger partial charge in [0.15, 0.2) is 11.6 Å². The Hall–Kier alpha value is -1.43. The predicted octanol–water partition coefficient (Wildman–Crippen LogP) is 6.72. The van der Waals surface area contributed by atoms with E-state index in [0.717, 1.165) is 43.4 Å². The first-order chi connectivity index (χ1) is 12.1. The van der Waals surface area contributed by atoms with Gasteiger partial charge in [-0.15, -0.1) is 0 Å². The topological polar surface area (TPSA) is 23.8 Å². The first-order valence-corrected chi connectivity index (χ1v) is 10.0. The molecule has 2 fully saturated rings. The Morgan fingerprint density at radius 3 is 2.08 bits per heavy atom. The molecule has 0 saturated heterocycles. The van der Waals surface area contributed by atoms with Crippen molar-refractivity contribution in [3.8, 4) is 6.07 Å². The summed E-state index contributed by atoms with van der Waals surface area (Å²) >= 11 is 0. The van der Waals surface area contributed by atoms with Crippen molar-refractivity contribution < 1.29 is 8.78 Å². The number of hydrogen-bond acceptors (Lipinski definition) is 1. The highest BCUT2D eigenvalue weighted by molar-refractivity contribution is 5.36. The molecule has 1 aromatic carbocycles. The lowest BCUT2D eigenvalue weighted by Gasteiger charge is -2.38. The molecule has 3 heteroatoms. The molecule has 0 atom stereocenters. The van der Waals surface area contributed by atoms with E-state index in [1.807, 2.05) is 0 Å². The summed E-state index contributed by atoms with van der Waals surface area (Å²) in [6, 6.07) is 4.76. The Bertz CT molecular complexity index is 618. The van der Waals surface area contributed by atoms with Crippen molar-refractivity contribution in [2.24, 2.45) is 17.8 Å². The van der Waals surface area contributed by atoms with Gasteiger partial charge in [0.25, 0.3) is 0 Å². The molecular weight excluding hydrogens is 316 g/mol. The van der Waals surface area contributed by atoms with Crippen molar-refractivity contribution in [2.45, 2.75) is 77.0 Å². The third-order valence-electron chi connectivity index (χ3n) is 6.70. The number of rotatable bonds is 4. The van der Waals surface area contributed by atoms with Gasteiger partial charge in [0.1, 0.15) is 6.07 Å². The first kappa shape index (κ1) is 18.4. The molecule has 0 amide bonds. The SMILES string of the molecule is CCC[C@H]1CC[C@H]([C@H]2CC[C@H](c3ccc(C#N)c(F)c3F)CC2)CC1. The van der Waals surface area contributed by atoms with Gasteiger partial charge in [0.05, 0.1) is 5.56 Å². The maximum absolute atomic E-state index is 14.3. The second-order valence-electron chi connectivity index (χ2n) is 8.12. The molecule has 0 spiro atoms. The third-order valence-corrected chi connectivity index (χ3v) is 6.70. The monoisotopic (exact) mass is 345 g/mol. The van der Waals surface area contributed by atoms with Gasteiger partial charge >= 0.3 is 0 Å². The number of benzene rings is 1. The van der Waals surface area contributed by atoms with E-state index in [1.54, 1.807) is 12.1 Å². The summed E-state index contributed by atoms with van der Waals surface area (Å²) in [6.07, 6.45) is 12.3. The average molecular weight is 345 g/mol.